The molecule has 1 aromatic carbocycles. The molecule has 0 amide bonds. The van der Waals surface area contributed by atoms with Gasteiger partial charge < -0.3 is 5.32 Å². The lowest BCUT2D eigenvalue weighted by Crippen LogP contribution is -2.32. The predicted octanol–water partition coefficient (Wildman–Crippen LogP) is 4.55. The lowest BCUT2D eigenvalue weighted by atomic mass is 9.77. The van der Waals surface area contributed by atoms with Crippen LogP contribution in [0.25, 0.3) is 0 Å². The van der Waals surface area contributed by atoms with Crippen LogP contribution in [0.1, 0.15) is 37.8 Å². The van der Waals surface area contributed by atoms with Crippen molar-refractivity contribution >= 4 is 27.5 Å². The normalized spacial score (nSPS) is 18.2. The number of hydrogen-bond acceptors (Lipinski definition) is 1. The average Bonchev–Trinajstić information content (AvgIpc) is 2.14. The van der Waals surface area contributed by atoms with Gasteiger partial charge in [-0.15, -0.1) is 0 Å². The predicted molar refractivity (Wildman–Crippen MR) is 72.9 cm³/mol. The fourth-order valence-electron chi connectivity index (χ4n) is 2.28. The Balaban J connectivity index is 2.23. The van der Waals surface area contributed by atoms with Gasteiger partial charge in [0.1, 0.15) is 0 Å². The van der Waals surface area contributed by atoms with Gasteiger partial charge in [0.05, 0.1) is 0 Å². The molecule has 1 unspecified atom stereocenters. The minimum atomic E-state index is 0.477. The summed E-state index contributed by atoms with van der Waals surface area (Å²) in [5.41, 5.74) is 1.34. The molecule has 1 aliphatic carbocycles. The molecule has 0 radical (unpaired) electrons. The highest BCUT2D eigenvalue weighted by Gasteiger charge is 2.28. The second-order valence-electron chi connectivity index (χ2n) is 4.39. The Bertz CT molecular complexity index is 363. The van der Waals surface area contributed by atoms with Crippen molar-refractivity contribution in [2.45, 2.75) is 32.2 Å². The van der Waals surface area contributed by atoms with Crippen LogP contribution < -0.4 is 5.32 Å². The van der Waals surface area contributed by atoms with Crippen molar-refractivity contribution < 1.29 is 0 Å². The van der Waals surface area contributed by atoms with E-state index in [1.54, 1.807) is 0 Å². The third-order valence-electron chi connectivity index (χ3n) is 3.34. The van der Waals surface area contributed by atoms with Gasteiger partial charge in [-0.2, -0.15) is 0 Å². The van der Waals surface area contributed by atoms with Gasteiger partial charge in [0, 0.05) is 15.5 Å². The maximum atomic E-state index is 5.98. The Morgan fingerprint density at radius 2 is 2.25 bits per heavy atom. The van der Waals surface area contributed by atoms with E-state index in [9.17, 15) is 0 Å². The number of nitrogens with one attached hydrogen (secondary N) is 1. The van der Waals surface area contributed by atoms with Gasteiger partial charge in [-0.1, -0.05) is 46.9 Å². The number of hydrogen-bond donors (Lipinski definition) is 1. The van der Waals surface area contributed by atoms with Crippen molar-refractivity contribution in [1.82, 2.24) is 5.32 Å². The Morgan fingerprint density at radius 1 is 1.50 bits per heavy atom. The Morgan fingerprint density at radius 3 is 2.75 bits per heavy atom. The maximum Gasteiger partial charge on any atom is 0.0417 e. The van der Waals surface area contributed by atoms with Gasteiger partial charge in [-0.3, -0.25) is 0 Å². The first kappa shape index (κ1) is 12.4. The molecule has 0 heterocycles. The van der Waals surface area contributed by atoms with Crippen molar-refractivity contribution in [3.63, 3.8) is 0 Å². The standard InChI is InChI=1S/C13H17BrClN/c1-2-16-13(9-4-3-5-9)11-7-6-10(15)8-12(11)14/h6-9,13,16H,2-5H2,1H3. The monoisotopic (exact) mass is 301 g/mol. The molecule has 2 rings (SSSR count). The van der Waals surface area contributed by atoms with Crippen LogP contribution in [0.4, 0.5) is 0 Å². The highest BCUT2D eigenvalue weighted by atomic mass is 79.9. The molecule has 1 N–H and O–H groups in total. The minimum absolute atomic E-state index is 0.477. The largest absolute Gasteiger partial charge is 0.310 e. The summed E-state index contributed by atoms with van der Waals surface area (Å²) in [5.74, 6) is 0.789. The summed E-state index contributed by atoms with van der Waals surface area (Å²) in [4.78, 5) is 0. The molecule has 0 saturated heterocycles. The lowest BCUT2D eigenvalue weighted by Gasteiger charge is -2.35. The Labute approximate surface area is 111 Å². The lowest BCUT2D eigenvalue weighted by molar-refractivity contribution is 0.232. The van der Waals surface area contributed by atoms with Crippen LogP contribution in [-0.4, -0.2) is 6.54 Å². The third-order valence-corrected chi connectivity index (χ3v) is 4.26. The van der Waals surface area contributed by atoms with Crippen molar-refractivity contribution in [1.29, 1.82) is 0 Å². The van der Waals surface area contributed by atoms with E-state index in [0.29, 0.717) is 6.04 Å². The zero-order valence-electron chi connectivity index (χ0n) is 9.47. The van der Waals surface area contributed by atoms with Gasteiger partial charge in [0.25, 0.3) is 0 Å². The van der Waals surface area contributed by atoms with Crippen molar-refractivity contribution in [3.05, 3.63) is 33.3 Å². The SMILES string of the molecule is CCNC(c1ccc(Cl)cc1Br)C1CCC1. The van der Waals surface area contributed by atoms with Crippen LogP contribution in [-0.2, 0) is 0 Å². The molecule has 1 nitrogen and oxygen atoms in total. The zero-order chi connectivity index (χ0) is 11.5. The van der Waals surface area contributed by atoms with E-state index in [-0.39, 0.29) is 0 Å². The summed E-state index contributed by atoms with van der Waals surface area (Å²) in [6.45, 7) is 3.17. The molecule has 0 spiro atoms. The molecule has 0 aliphatic heterocycles. The highest BCUT2D eigenvalue weighted by molar-refractivity contribution is 9.10. The topological polar surface area (TPSA) is 12.0 Å². The van der Waals surface area contributed by atoms with Crippen LogP contribution in [0.3, 0.4) is 0 Å². The Hall–Kier alpha value is -0.0500. The smallest absolute Gasteiger partial charge is 0.0417 e. The maximum absolute atomic E-state index is 5.98. The highest BCUT2D eigenvalue weighted by Crippen LogP contribution is 2.40. The van der Waals surface area contributed by atoms with E-state index in [2.05, 4.69) is 34.2 Å². The van der Waals surface area contributed by atoms with Crippen LogP contribution in [0.5, 0.6) is 0 Å². The summed E-state index contributed by atoms with van der Waals surface area (Å²) < 4.78 is 1.12. The summed E-state index contributed by atoms with van der Waals surface area (Å²) in [5, 5.41) is 4.38. The number of rotatable bonds is 4. The van der Waals surface area contributed by atoms with Crippen molar-refractivity contribution in [2.75, 3.05) is 6.54 Å². The molecule has 1 fully saturated rings. The second-order valence-corrected chi connectivity index (χ2v) is 5.68. The fraction of sp³-hybridized carbons (Fsp3) is 0.538. The zero-order valence-corrected chi connectivity index (χ0v) is 11.8. The minimum Gasteiger partial charge on any atom is -0.310 e. The molecule has 16 heavy (non-hydrogen) atoms. The quantitative estimate of drug-likeness (QED) is 0.860. The molecule has 1 saturated carbocycles. The van der Waals surface area contributed by atoms with E-state index in [1.165, 1.54) is 24.8 Å². The molecule has 1 atom stereocenters. The Kier molecular flexibility index (Phi) is 4.28. The third kappa shape index (κ3) is 2.61. The van der Waals surface area contributed by atoms with Crippen LogP contribution >= 0.6 is 27.5 Å². The van der Waals surface area contributed by atoms with Crippen LogP contribution in [0, 0.1) is 5.92 Å². The molecule has 1 aromatic rings. The van der Waals surface area contributed by atoms with Crippen LogP contribution in [0.2, 0.25) is 5.02 Å². The first-order chi connectivity index (χ1) is 7.72. The van der Waals surface area contributed by atoms with Gasteiger partial charge in [0.2, 0.25) is 0 Å². The number of halogens is 2. The van der Waals surface area contributed by atoms with E-state index in [1.807, 2.05) is 12.1 Å². The van der Waals surface area contributed by atoms with Gasteiger partial charge in [-0.05, 0) is 43.0 Å². The summed E-state index contributed by atoms with van der Waals surface area (Å²) in [6.07, 6.45) is 4.05. The first-order valence-corrected chi connectivity index (χ1v) is 7.07. The van der Waals surface area contributed by atoms with E-state index >= 15 is 0 Å². The second kappa shape index (κ2) is 5.52. The van der Waals surface area contributed by atoms with Crippen molar-refractivity contribution in [3.8, 4) is 0 Å². The molecule has 3 heteroatoms. The van der Waals surface area contributed by atoms with Crippen LogP contribution in [0.15, 0.2) is 22.7 Å². The van der Waals surface area contributed by atoms with E-state index in [0.717, 1.165) is 22.0 Å². The molecule has 1 aliphatic rings. The average molecular weight is 303 g/mol. The van der Waals surface area contributed by atoms with Gasteiger partial charge >= 0.3 is 0 Å². The van der Waals surface area contributed by atoms with E-state index in [4.69, 9.17) is 11.6 Å². The molecule has 0 bridgehead atoms. The number of benzene rings is 1. The van der Waals surface area contributed by atoms with E-state index < -0.39 is 0 Å². The first-order valence-electron chi connectivity index (χ1n) is 5.90. The molecule has 88 valence electrons. The van der Waals surface area contributed by atoms with Crippen molar-refractivity contribution in [2.24, 2.45) is 5.92 Å². The molecular formula is C13H17BrClN. The molecular weight excluding hydrogens is 286 g/mol. The summed E-state index contributed by atoms with van der Waals surface area (Å²) in [6, 6.07) is 6.58. The molecule has 0 aromatic heterocycles. The van der Waals surface area contributed by atoms with Gasteiger partial charge in [0.15, 0.2) is 0 Å². The summed E-state index contributed by atoms with van der Waals surface area (Å²) in [7, 11) is 0. The van der Waals surface area contributed by atoms with Gasteiger partial charge in [-0.25, -0.2) is 0 Å². The fourth-order valence-corrected chi connectivity index (χ4v) is 3.21. The summed E-state index contributed by atoms with van der Waals surface area (Å²) >= 11 is 9.59.